The molecule has 25 heavy (non-hydrogen) atoms. The molecule has 0 unspecified atom stereocenters. The van der Waals surface area contributed by atoms with Crippen LogP contribution in [0.2, 0.25) is 5.02 Å². The van der Waals surface area contributed by atoms with Crippen molar-refractivity contribution in [3.05, 3.63) is 52.5 Å². The minimum atomic E-state index is -3.53. The van der Waals surface area contributed by atoms with Crippen molar-refractivity contribution in [1.82, 2.24) is 4.72 Å². The minimum absolute atomic E-state index is 0.0968. The van der Waals surface area contributed by atoms with Gasteiger partial charge >= 0.3 is 0 Å². The van der Waals surface area contributed by atoms with Crippen LogP contribution in [0.25, 0.3) is 0 Å². The third kappa shape index (κ3) is 5.26. The van der Waals surface area contributed by atoms with Gasteiger partial charge in [-0.25, -0.2) is 13.1 Å². The summed E-state index contributed by atoms with van der Waals surface area (Å²) in [5.41, 5.74) is 1.30. The molecule has 2 aromatic carbocycles. The van der Waals surface area contributed by atoms with Crippen LogP contribution in [0, 0.1) is 0 Å². The Morgan fingerprint density at radius 2 is 1.60 bits per heavy atom. The first-order valence-electron chi connectivity index (χ1n) is 7.39. The predicted molar refractivity (Wildman–Crippen MR) is 97.0 cm³/mol. The van der Waals surface area contributed by atoms with E-state index in [2.05, 4.69) is 4.72 Å². The Bertz CT molecular complexity index is 814. The van der Waals surface area contributed by atoms with E-state index in [-0.39, 0.29) is 12.3 Å². The molecule has 6 nitrogen and oxygen atoms in total. The molecule has 0 aliphatic rings. The third-order valence-corrected chi connectivity index (χ3v) is 5.00. The Kier molecular flexibility index (Phi) is 6.52. The van der Waals surface area contributed by atoms with Gasteiger partial charge in [-0.15, -0.1) is 0 Å². The molecule has 0 saturated heterocycles. The van der Waals surface area contributed by atoms with Gasteiger partial charge in [-0.2, -0.15) is 0 Å². The second kappa shape index (κ2) is 8.42. The van der Waals surface area contributed by atoms with Gasteiger partial charge < -0.3 is 14.2 Å². The van der Waals surface area contributed by atoms with Crippen LogP contribution in [-0.4, -0.2) is 29.7 Å². The first kappa shape index (κ1) is 19.4. The lowest BCUT2D eigenvalue weighted by Gasteiger charge is -2.14. The summed E-state index contributed by atoms with van der Waals surface area (Å²) in [6.45, 7) is 0.0968. The summed E-state index contributed by atoms with van der Waals surface area (Å²) >= 11 is 5.89. The molecule has 0 fully saturated rings. The van der Waals surface area contributed by atoms with Gasteiger partial charge in [0, 0.05) is 11.6 Å². The summed E-state index contributed by atoms with van der Waals surface area (Å²) in [7, 11) is 0.990. The molecule has 8 heteroatoms. The number of halogens is 1. The van der Waals surface area contributed by atoms with Crippen LogP contribution in [0.15, 0.2) is 36.4 Å². The molecule has 0 spiro atoms. The molecule has 2 aromatic rings. The van der Waals surface area contributed by atoms with E-state index in [4.69, 9.17) is 25.8 Å². The number of rotatable bonds is 8. The largest absolute Gasteiger partial charge is 0.493 e. The topological polar surface area (TPSA) is 73.9 Å². The monoisotopic (exact) mass is 385 g/mol. The maximum atomic E-state index is 12.3. The number of benzene rings is 2. The first-order valence-corrected chi connectivity index (χ1v) is 9.42. The van der Waals surface area contributed by atoms with Crippen molar-refractivity contribution >= 4 is 21.6 Å². The molecule has 0 saturated carbocycles. The number of ether oxygens (including phenoxy) is 3. The van der Waals surface area contributed by atoms with Gasteiger partial charge in [0.05, 0.1) is 27.1 Å². The average Bonchev–Trinajstić information content (AvgIpc) is 2.58. The maximum absolute atomic E-state index is 12.3. The number of nitrogens with one attached hydrogen (secondary N) is 1. The van der Waals surface area contributed by atoms with Crippen molar-refractivity contribution in [3.63, 3.8) is 0 Å². The second-order valence-corrected chi connectivity index (χ2v) is 7.49. The molecule has 0 heterocycles. The fourth-order valence-electron chi connectivity index (χ4n) is 2.33. The number of sulfonamides is 1. The fraction of sp³-hybridized carbons (Fsp3) is 0.294. The zero-order valence-corrected chi connectivity index (χ0v) is 15.8. The van der Waals surface area contributed by atoms with Crippen molar-refractivity contribution in [3.8, 4) is 17.2 Å². The molecular formula is C17H20ClNO5S. The number of methoxy groups -OCH3 is 3. The highest BCUT2D eigenvalue weighted by Gasteiger charge is 2.16. The van der Waals surface area contributed by atoms with Crippen LogP contribution < -0.4 is 18.9 Å². The predicted octanol–water partition coefficient (Wildman–Crippen LogP) is 2.99. The van der Waals surface area contributed by atoms with E-state index >= 15 is 0 Å². The molecule has 0 bridgehead atoms. The SMILES string of the molecule is COc1cc(CNS(=O)(=O)Cc2cccc(Cl)c2)cc(OC)c1OC. The molecule has 2 rings (SSSR count). The van der Waals surface area contributed by atoms with E-state index in [1.165, 1.54) is 21.3 Å². The Morgan fingerprint density at radius 3 is 2.12 bits per heavy atom. The summed E-state index contributed by atoms with van der Waals surface area (Å²) in [4.78, 5) is 0. The lowest BCUT2D eigenvalue weighted by Crippen LogP contribution is -2.24. The van der Waals surface area contributed by atoms with Crippen molar-refractivity contribution in [2.75, 3.05) is 21.3 Å². The van der Waals surface area contributed by atoms with E-state index in [0.717, 1.165) is 0 Å². The highest BCUT2D eigenvalue weighted by molar-refractivity contribution is 7.88. The van der Waals surface area contributed by atoms with Crippen LogP contribution in [0.1, 0.15) is 11.1 Å². The van der Waals surface area contributed by atoms with E-state index in [1.54, 1.807) is 36.4 Å². The molecule has 0 radical (unpaired) electrons. The van der Waals surface area contributed by atoms with Crippen LogP contribution in [-0.2, 0) is 22.3 Å². The molecule has 136 valence electrons. The summed E-state index contributed by atoms with van der Waals surface area (Å²) in [6, 6.07) is 10.1. The average molecular weight is 386 g/mol. The Morgan fingerprint density at radius 1 is 0.960 bits per heavy atom. The van der Waals surface area contributed by atoms with Crippen molar-refractivity contribution in [1.29, 1.82) is 0 Å². The molecular weight excluding hydrogens is 366 g/mol. The molecule has 0 amide bonds. The zero-order valence-electron chi connectivity index (χ0n) is 14.2. The maximum Gasteiger partial charge on any atom is 0.216 e. The molecule has 0 aliphatic heterocycles. The minimum Gasteiger partial charge on any atom is -0.493 e. The van der Waals surface area contributed by atoms with Gasteiger partial charge in [0.2, 0.25) is 15.8 Å². The normalized spacial score (nSPS) is 11.2. The van der Waals surface area contributed by atoms with E-state index in [9.17, 15) is 8.42 Å². The zero-order chi connectivity index (χ0) is 18.4. The quantitative estimate of drug-likeness (QED) is 0.756. The summed E-state index contributed by atoms with van der Waals surface area (Å²) in [5.74, 6) is 1.23. The summed E-state index contributed by atoms with van der Waals surface area (Å²) in [5, 5.41) is 0.498. The van der Waals surface area contributed by atoms with Crippen LogP contribution >= 0.6 is 11.6 Å². The molecule has 1 N–H and O–H groups in total. The van der Waals surface area contributed by atoms with E-state index in [0.29, 0.717) is 33.4 Å². The smallest absolute Gasteiger partial charge is 0.216 e. The Balaban J connectivity index is 2.14. The molecule has 0 aromatic heterocycles. The van der Waals surface area contributed by atoms with E-state index in [1.807, 2.05) is 0 Å². The van der Waals surface area contributed by atoms with Crippen molar-refractivity contribution in [2.45, 2.75) is 12.3 Å². The summed E-state index contributed by atoms with van der Waals surface area (Å²) < 4.78 is 42.9. The lowest BCUT2D eigenvalue weighted by atomic mass is 10.2. The van der Waals surface area contributed by atoms with Crippen molar-refractivity contribution in [2.24, 2.45) is 0 Å². The third-order valence-electron chi connectivity index (χ3n) is 3.47. The van der Waals surface area contributed by atoms with Crippen LogP contribution in [0.4, 0.5) is 0 Å². The van der Waals surface area contributed by atoms with Gasteiger partial charge in [-0.3, -0.25) is 0 Å². The van der Waals surface area contributed by atoms with Crippen LogP contribution in [0.5, 0.6) is 17.2 Å². The fourth-order valence-corrected chi connectivity index (χ4v) is 3.65. The standard InChI is InChI=1S/C17H20ClNO5S/c1-22-15-8-13(9-16(23-2)17(15)24-3)10-19-25(20,21)11-12-5-4-6-14(18)7-12/h4-9,19H,10-11H2,1-3H3. The van der Waals surface area contributed by atoms with Gasteiger partial charge in [0.1, 0.15) is 0 Å². The van der Waals surface area contributed by atoms with Gasteiger partial charge in [0.15, 0.2) is 11.5 Å². The Labute approximate surface area is 152 Å². The van der Waals surface area contributed by atoms with Crippen LogP contribution in [0.3, 0.4) is 0 Å². The van der Waals surface area contributed by atoms with E-state index < -0.39 is 10.0 Å². The number of hydrogen-bond donors (Lipinski definition) is 1. The highest BCUT2D eigenvalue weighted by atomic mass is 35.5. The molecule has 0 aliphatic carbocycles. The highest BCUT2D eigenvalue weighted by Crippen LogP contribution is 2.38. The second-order valence-electron chi connectivity index (χ2n) is 5.24. The molecule has 0 atom stereocenters. The Hall–Kier alpha value is -1.96. The van der Waals surface area contributed by atoms with Crippen molar-refractivity contribution < 1.29 is 22.6 Å². The van der Waals surface area contributed by atoms with Gasteiger partial charge in [-0.05, 0) is 35.4 Å². The summed E-state index contributed by atoms with van der Waals surface area (Å²) in [6.07, 6.45) is 0. The lowest BCUT2D eigenvalue weighted by molar-refractivity contribution is 0.323. The van der Waals surface area contributed by atoms with Gasteiger partial charge in [-0.1, -0.05) is 23.7 Å². The first-order chi connectivity index (χ1) is 11.9. The number of hydrogen-bond acceptors (Lipinski definition) is 5. The van der Waals surface area contributed by atoms with Gasteiger partial charge in [0.25, 0.3) is 0 Å².